The summed E-state index contributed by atoms with van der Waals surface area (Å²) in [7, 11) is 0. The van der Waals surface area contributed by atoms with Gasteiger partial charge in [-0.05, 0) is 25.0 Å². The van der Waals surface area contributed by atoms with Gasteiger partial charge in [-0.15, -0.1) is 22.7 Å². The van der Waals surface area contributed by atoms with Gasteiger partial charge < -0.3 is 4.90 Å². The van der Waals surface area contributed by atoms with Crippen LogP contribution in [0.2, 0.25) is 0 Å². The van der Waals surface area contributed by atoms with Crippen molar-refractivity contribution in [3.05, 3.63) is 67.6 Å². The fourth-order valence-corrected chi connectivity index (χ4v) is 4.26. The van der Waals surface area contributed by atoms with Gasteiger partial charge in [-0.3, -0.25) is 4.79 Å². The van der Waals surface area contributed by atoms with Crippen LogP contribution in [0.1, 0.15) is 36.6 Å². The highest BCUT2D eigenvalue weighted by Gasteiger charge is 2.25. The van der Waals surface area contributed by atoms with Crippen molar-refractivity contribution in [1.29, 1.82) is 0 Å². The third-order valence-corrected chi connectivity index (χ3v) is 5.72. The van der Waals surface area contributed by atoms with Gasteiger partial charge in [0.1, 0.15) is 5.69 Å². The number of aryl methyl sites for hydroxylation is 1. The van der Waals surface area contributed by atoms with Crippen molar-refractivity contribution in [2.45, 2.75) is 19.9 Å². The normalized spacial score (nSPS) is 13.1. The van der Waals surface area contributed by atoms with E-state index in [1.54, 1.807) is 11.3 Å². The molecule has 0 saturated heterocycles. The van der Waals surface area contributed by atoms with Gasteiger partial charge in [0.25, 0.3) is 5.91 Å². The summed E-state index contributed by atoms with van der Waals surface area (Å²) in [6.45, 7) is 3.18. The van der Waals surface area contributed by atoms with E-state index in [9.17, 15) is 4.79 Å². The zero-order valence-corrected chi connectivity index (χ0v) is 15.3. The number of benzene rings is 1. The first kappa shape index (κ1) is 16.0. The van der Waals surface area contributed by atoms with Crippen molar-refractivity contribution < 1.29 is 4.79 Å². The molecule has 0 atom stereocenters. The van der Waals surface area contributed by atoms with E-state index in [4.69, 9.17) is 0 Å². The van der Waals surface area contributed by atoms with E-state index in [1.165, 1.54) is 11.3 Å². The summed E-state index contributed by atoms with van der Waals surface area (Å²) in [6.07, 6.45) is 0.772. The fourth-order valence-electron chi connectivity index (χ4n) is 2.69. The molecule has 1 aromatic carbocycles. The molecule has 0 N–H and O–H groups in total. The van der Waals surface area contributed by atoms with Crippen LogP contribution in [0.4, 0.5) is 0 Å². The minimum Gasteiger partial charge on any atom is -0.332 e. The van der Waals surface area contributed by atoms with Gasteiger partial charge in [-0.25, -0.2) is 9.97 Å². The Bertz CT molecular complexity index is 979. The maximum Gasteiger partial charge on any atom is 0.273 e. The Kier molecular flexibility index (Phi) is 4.35. The molecular formula is C19H15N3OS2. The largest absolute Gasteiger partial charge is 0.332 e. The van der Waals surface area contributed by atoms with Crippen molar-refractivity contribution in [2.75, 3.05) is 6.54 Å². The lowest BCUT2D eigenvalue weighted by atomic mass is 10.1. The molecule has 0 fully saturated rings. The van der Waals surface area contributed by atoms with Crippen LogP contribution < -0.4 is 0 Å². The van der Waals surface area contributed by atoms with Crippen LogP contribution in [-0.2, 0) is 13.0 Å². The molecule has 0 aliphatic carbocycles. The van der Waals surface area contributed by atoms with Gasteiger partial charge in [-0.1, -0.05) is 24.1 Å². The second-order valence-electron chi connectivity index (χ2n) is 5.73. The van der Waals surface area contributed by atoms with Crippen LogP contribution >= 0.6 is 22.7 Å². The third kappa shape index (κ3) is 3.48. The number of thiazole rings is 2. The van der Waals surface area contributed by atoms with E-state index < -0.39 is 0 Å². The van der Waals surface area contributed by atoms with Crippen molar-refractivity contribution in [3.63, 3.8) is 0 Å². The quantitative estimate of drug-likeness (QED) is 0.620. The maximum absolute atomic E-state index is 12.6. The van der Waals surface area contributed by atoms with Gasteiger partial charge in [0.15, 0.2) is 5.01 Å². The molecule has 0 radical (unpaired) electrons. The number of fused-ring (bicyclic) bond motifs is 1. The Morgan fingerprint density at radius 3 is 2.80 bits per heavy atom. The summed E-state index contributed by atoms with van der Waals surface area (Å²) in [6, 6.07) is 9.89. The zero-order chi connectivity index (χ0) is 17.2. The first-order valence-electron chi connectivity index (χ1n) is 7.96. The Hall–Kier alpha value is -2.49. The summed E-state index contributed by atoms with van der Waals surface area (Å²) in [5, 5.41) is 3.56. The summed E-state index contributed by atoms with van der Waals surface area (Å²) in [5.74, 6) is 6.28. The maximum atomic E-state index is 12.6. The lowest BCUT2D eigenvalue weighted by molar-refractivity contribution is 0.0731. The molecule has 4 nitrogen and oxygen atoms in total. The third-order valence-electron chi connectivity index (χ3n) is 3.94. The molecule has 3 aromatic rings. The molecule has 1 aliphatic rings. The van der Waals surface area contributed by atoms with Gasteiger partial charge in [0.2, 0.25) is 0 Å². The van der Waals surface area contributed by atoms with Crippen molar-refractivity contribution in [1.82, 2.24) is 14.9 Å². The SMILES string of the molecule is Cc1nc(C(=O)N2CCc3nc(C#Cc4ccccc4)sc3C2)cs1. The van der Waals surface area contributed by atoms with Crippen LogP contribution in [0.5, 0.6) is 0 Å². The number of aromatic nitrogens is 2. The molecule has 0 saturated carbocycles. The molecule has 0 bridgehead atoms. The molecule has 1 amide bonds. The van der Waals surface area contributed by atoms with Crippen LogP contribution in [0, 0.1) is 18.8 Å². The standard InChI is InChI=1S/C19H15N3OS2/c1-13-20-16(12-24-13)19(23)22-10-9-15-17(11-22)25-18(21-15)8-7-14-5-3-2-4-6-14/h2-6,12H,9-11H2,1H3. The molecule has 0 unspecified atom stereocenters. The molecule has 2 aromatic heterocycles. The van der Waals surface area contributed by atoms with E-state index in [1.807, 2.05) is 47.5 Å². The van der Waals surface area contributed by atoms with Gasteiger partial charge in [0, 0.05) is 28.8 Å². The summed E-state index contributed by atoms with van der Waals surface area (Å²) < 4.78 is 0. The number of rotatable bonds is 1. The zero-order valence-electron chi connectivity index (χ0n) is 13.7. The molecule has 25 heavy (non-hydrogen) atoms. The summed E-state index contributed by atoms with van der Waals surface area (Å²) >= 11 is 3.08. The Balaban J connectivity index is 1.51. The average molecular weight is 365 g/mol. The smallest absolute Gasteiger partial charge is 0.273 e. The number of nitrogens with zero attached hydrogens (tertiary/aromatic N) is 3. The molecule has 0 spiro atoms. The van der Waals surface area contributed by atoms with Crippen molar-refractivity contribution in [3.8, 4) is 11.8 Å². The van der Waals surface area contributed by atoms with E-state index >= 15 is 0 Å². The Morgan fingerprint density at radius 1 is 1.20 bits per heavy atom. The highest BCUT2D eigenvalue weighted by atomic mass is 32.1. The molecule has 4 rings (SSSR count). The molecular weight excluding hydrogens is 350 g/mol. The van der Waals surface area contributed by atoms with E-state index in [2.05, 4.69) is 21.8 Å². The first-order chi connectivity index (χ1) is 12.2. The first-order valence-corrected chi connectivity index (χ1v) is 9.66. The van der Waals surface area contributed by atoms with Gasteiger partial charge in [0.05, 0.1) is 17.2 Å². The lowest BCUT2D eigenvalue weighted by Gasteiger charge is -2.25. The number of hydrogen-bond donors (Lipinski definition) is 0. The second-order valence-corrected chi connectivity index (χ2v) is 7.88. The molecule has 3 heterocycles. The average Bonchev–Trinajstić information content (AvgIpc) is 3.25. The fraction of sp³-hybridized carbons (Fsp3) is 0.211. The lowest BCUT2D eigenvalue weighted by Crippen LogP contribution is -2.35. The van der Waals surface area contributed by atoms with E-state index in [-0.39, 0.29) is 5.91 Å². The van der Waals surface area contributed by atoms with Crippen LogP contribution in [0.3, 0.4) is 0 Å². The predicted octanol–water partition coefficient (Wildman–Crippen LogP) is 3.51. The number of amides is 1. The molecule has 1 aliphatic heterocycles. The van der Waals surface area contributed by atoms with E-state index in [0.717, 1.165) is 32.6 Å². The highest BCUT2D eigenvalue weighted by molar-refractivity contribution is 7.12. The number of carbonyl (C=O) groups excluding carboxylic acids is 1. The van der Waals surface area contributed by atoms with E-state index in [0.29, 0.717) is 18.8 Å². The Morgan fingerprint density at radius 2 is 2.04 bits per heavy atom. The molecule has 124 valence electrons. The van der Waals surface area contributed by atoms with Crippen LogP contribution in [0.15, 0.2) is 35.7 Å². The number of hydrogen-bond acceptors (Lipinski definition) is 5. The highest BCUT2D eigenvalue weighted by Crippen LogP contribution is 2.26. The summed E-state index contributed by atoms with van der Waals surface area (Å²) in [4.78, 5) is 24.5. The van der Waals surface area contributed by atoms with Gasteiger partial charge >= 0.3 is 0 Å². The predicted molar refractivity (Wildman–Crippen MR) is 99.8 cm³/mol. The minimum atomic E-state index is 0.000296. The minimum absolute atomic E-state index is 0.000296. The van der Waals surface area contributed by atoms with Crippen molar-refractivity contribution in [2.24, 2.45) is 0 Å². The topological polar surface area (TPSA) is 46.1 Å². The van der Waals surface area contributed by atoms with Crippen molar-refractivity contribution >= 4 is 28.6 Å². The molecule has 6 heteroatoms. The van der Waals surface area contributed by atoms with Gasteiger partial charge in [-0.2, -0.15) is 0 Å². The monoisotopic (exact) mass is 365 g/mol. The van der Waals surface area contributed by atoms with Crippen LogP contribution in [-0.4, -0.2) is 27.3 Å². The van der Waals surface area contributed by atoms with Crippen LogP contribution in [0.25, 0.3) is 0 Å². The second kappa shape index (κ2) is 6.79. The Labute approximate surface area is 154 Å². The summed E-state index contributed by atoms with van der Waals surface area (Å²) in [5.41, 5.74) is 2.59. The number of carbonyl (C=O) groups is 1.